The maximum absolute atomic E-state index is 12.3. The average Bonchev–Trinajstić information content (AvgIpc) is 3.18. The first-order valence-electron chi connectivity index (χ1n) is 7.98. The summed E-state index contributed by atoms with van der Waals surface area (Å²) in [6.45, 7) is 0. The van der Waals surface area contributed by atoms with Gasteiger partial charge >= 0.3 is 0 Å². The normalized spacial score (nSPS) is 10.7. The summed E-state index contributed by atoms with van der Waals surface area (Å²) in [5.41, 5.74) is 1.32. The fourth-order valence-electron chi connectivity index (χ4n) is 2.50. The van der Waals surface area contributed by atoms with Gasteiger partial charge in [-0.1, -0.05) is 33.2 Å². The maximum atomic E-state index is 12.3. The van der Waals surface area contributed by atoms with Crippen molar-refractivity contribution in [3.05, 3.63) is 75.5 Å². The number of rotatable bonds is 4. The van der Waals surface area contributed by atoms with Crippen LogP contribution in [0.4, 0.5) is 0 Å². The van der Waals surface area contributed by atoms with Gasteiger partial charge in [0, 0.05) is 22.3 Å². The van der Waals surface area contributed by atoms with E-state index >= 15 is 0 Å². The monoisotopic (exact) mass is 424 g/mol. The average molecular weight is 425 g/mol. The van der Waals surface area contributed by atoms with Crippen LogP contribution in [0.3, 0.4) is 0 Å². The van der Waals surface area contributed by atoms with Gasteiger partial charge < -0.3 is 9.26 Å². The standard InChI is InChI=1S/C19H13BrN4O3/c1-26-15-7-5-14(6-8-15)24-10-9-16(25)17(22-24)19-21-18(23-27-19)12-3-2-4-13(20)11-12/h2-11H,1H3. The first-order valence-corrected chi connectivity index (χ1v) is 8.78. The van der Waals surface area contributed by atoms with Crippen molar-refractivity contribution < 1.29 is 9.26 Å². The third-order valence-electron chi connectivity index (χ3n) is 3.86. The quantitative estimate of drug-likeness (QED) is 0.496. The van der Waals surface area contributed by atoms with Crippen LogP contribution < -0.4 is 10.2 Å². The van der Waals surface area contributed by atoms with Crippen LogP contribution in [0.5, 0.6) is 5.75 Å². The van der Waals surface area contributed by atoms with Gasteiger partial charge in [0.05, 0.1) is 12.8 Å². The molecule has 2 aromatic heterocycles. The molecule has 0 N–H and O–H groups in total. The predicted molar refractivity (Wildman–Crippen MR) is 103 cm³/mol. The molecule has 7 nitrogen and oxygen atoms in total. The Morgan fingerprint density at radius 3 is 2.67 bits per heavy atom. The van der Waals surface area contributed by atoms with E-state index in [1.54, 1.807) is 18.0 Å². The summed E-state index contributed by atoms with van der Waals surface area (Å²) in [7, 11) is 1.60. The maximum Gasteiger partial charge on any atom is 0.282 e. The molecule has 0 amide bonds. The number of halogens is 1. The van der Waals surface area contributed by atoms with E-state index < -0.39 is 0 Å². The zero-order valence-electron chi connectivity index (χ0n) is 14.2. The molecular formula is C19H13BrN4O3. The van der Waals surface area contributed by atoms with Crippen molar-refractivity contribution in [2.24, 2.45) is 0 Å². The first-order chi connectivity index (χ1) is 13.1. The van der Waals surface area contributed by atoms with Crippen molar-refractivity contribution in [1.29, 1.82) is 0 Å². The zero-order valence-corrected chi connectivity index (χ0v) is 15.8. The van der Waals surface area contributed by atoms with E-state index in [9.17, 15) is 4.79 Å². The van der Waals surface area contributed by atoms with Crippen molar-refractivity contribution in [3.8, 4) is 34.4 Å². The lowest BCUT2D eigenvalue weighted by Gasteiger charge is -2.06. The van der Waals surface area contributed by atoms with E-state index in [1.165, 1.54) is 6.07 Å². The first kappa shape index (κ1) is 17.2. The Labute approximate surface area is 162 Å². The van der Waals surface area contributed by atoms with Crippen LogP contribution >= 0.6 is 15.9 Å². The van der Waals surface area contributed by atoms with E-state index in [2.05, 4.69) is 31.2 Å². The highest BCUT2D eigenvalue weighted by molar-refractivity contribution is 9.10. The number of hydrogen-bond donors (Lipinski definition) is 0. The Kier molecular flexibility index (Phi) is 4.55. The van der Waals surface area contributed by atoms with E-state index in [1.807, 2.05) is 48.5 Å². The largest absolute Gasteiger partial charge is 0.497 e. The van der Waals surface area contributed by atoms with Crippen LogP contribution in [0.2, 0.25) is 0 Å². The fourth-order valence-corrected chi connectivity index (χ4v) is 2.90. The van der Waals surface area contributed by atoms with E-state index in [4.69, 9.17) is 9.26 Å². The second-order valence-corrected chi connectivity index (χ2v) is 6.52. The third kappa shape index (κ3) is 3.52. The fraction of sp³-hybridized carbons (Fsp3) is 0.0526. The van der Waals surface area contributed by atoms with Crippen LogP contribution in [0.1, 0.15) is 0 Å². The van der Waals surface area contributed by atoms with Crippen LogP contribution in [0.25, 0.3) is 28.7 Å². The van der Waals surface area contributed by atoms with Crippen molar-refractivity contribution in [2.75, 3.05) is 7.11 Å². The molecule has 0 bridgehead atoms. The SMILES string of the molecule is COc1ccc(-n2ccc(=O)c(-c3nc(-c4cccc(Br)c4)no3)n2)cc1. The molecule has 8 heteroatoms. The number of nitrogens with zero attached hydrogens (tertiary/aromatic N) is 4. The van der Waals surface area contributed by atoms with Gasteiger partial charge in [0.15, 0.2) is 5.69 Å². The Hall–Kier alpha value is -3.26. The third-order valence-corrected chi connectivity index (χ3v) is 4.35. The molecule has 134 valence electrons. The molecule has 0 saturated carbocycles. The van der Waals surface area contributed by atoms with Gasteiger partial charge in [0.1, 0.15) is 5.75 Å². The molecule has 0 spiro atoms. The Morgan fingerprint density at radius 1 is 1.11 bits per heavy atom. The molecule has 0 radical (unpaired) electrons. The smallest absolute Gasteiger partial charge is 0.282 e. The number of aromatic nitrogens is 4. The van der Waals surface area contributed by atoms with E-state index in [0.717, 1.165) is 21.5 Å². The minimum Gasteiger partial charge on any atom is -0.497 e. The highest BCUT2D eigenvalue weighted by Gasteiger charge is 2.16. The lowest BCUT2D eigenvalue weighted by atomic mass is 10.2. The summed E-state index contributed by atoms with van der Waals surface area (Å²) in [4.78, 5) is 16.6. The molecule has 4 aromatic rings. The summed E-state index contributed by atoms with van der Waals surface area (Å²) in [6.07, 6.45) is 1.58. The summed E-state index contributed by atoms with van der Waals surface area (Å²) in [6, 6.07) is 16.2. The van der Waals surface area contributed by atoms with Crippen LogP contribution in [0, 0.1) is 0 Å². The van der Waals surface area contributed by atoms with Crippen LogP contribution in [-0.2, 0) is 0 Å². The predicted octanol–water partition coefficient (Wildman–Crippen LogP) is 3.72. The highest BCUT2D eigenvalue weighted by Crippen LogP contribution is 2.22. The summed E-state index contributed by atoms with van der Waals surface area (Å²) < 4.78 is 12.9. The van der Waals surface area contributed by atoms with Gasteiger partial charge in [-0.25, -0.2) is 4.68 Å². The lowest BCUT2D eigenvalue weighted by Crippen LogP contribution is -2.12. The number of hydrogen-bond acceptors (Lipinski definition) is 6. The zero-order chi connectivity index (χ0) is 18.8. The van der Waals surface area contributed by atoms with E-state index in [0.29, 0.717) is 5.82 Å². The number of ether oxygens (including phenoxy) is 1. The van der Waals surface area contributed by atoms with Gasteiger partial charge in [-0.05, 0) is 36.4 Å². The molecule has 4 rings (SSSR count). The topological polar surface area (TPSA) is 83.0 Å². The number of benzene rings is 2. The Morgan fingerprint density at radius 2 is 1.93 bits per heavy atom. The summed E-state index contributed by atoms with van der Waals surface area (Å²) >= 11 is 3.41. The molecule has 0 saturated heterocycles. The number of methoxy groups -OCH3 is 1. The van der Waals surface area contributed by atoms with Gasteiger partial charge in [-0.2, -0.15) is 10.1 Å². The second kappa shape index (κ2) is 7.16. The van der Waals surface area contributed by atoms with Crippen LogP contribution in [-0.4, -0.2) is 27.0 Å². The molecular weight excluding hydrogens is 412 g/mol. The van der Waals surface area contributed by atoms with Crippen molar-refractivity contribution >= 4 is 15.9 Å². The van der Waals surface area contributed by atoms with Crippen molar-refractivity contribution in [3.63, 3.8) is 0 Å². The Balaban J connectivity index is 1.72. The second-order valence-electron chi connectivity index (χ2n) is 5.60. The minimum atomic E-state index is -0.302. The lowest BCUT2D eigenvalue weighted by molar-refractivity contribution is 0.414. The molecule has 2 heterocycles. The summed E-state index contributed by atoms with van der Waals surface area (Å²) in [5, 5.41) is 8.31. The molecule has 27 heavy (non-hydrogen) atoms. The molecule has 0 fully saturated rings. The molecule has 0 unspecified atom stereocenters. The van der Waals surface area contributed by atoms with Crippen molar-refractivity contribution in [2.45, 2.75) is 0 Å². The molecule has 0 aliphatic heterocycles. The molecule has 2 aromatic carbocycles. The van der Waals surface area contributed by atoms with Gasteiger partial charge in [-0.15, -0.1) is 0 Å². The molecule has 0 aliphatic rings. The van der Waals surface area contributed by atoms with Gasteiger partial charge in [-0.3, -0.25) is 4.79 Å². The van der Waals surface area contributed by atoms with Crippen LogP contribution in [0.15, 0.2) is 74.6 Å². The van der Waals surface area contributed by atoms with Gasteiger partial charge in [0.2, 0.25) is 11.3 Å². The van der Waals surface area contributed by atoms with Gasteiger partial charge in [0.25, 0.3) is 5.89 Å². The minimum absolute atomic E-state index is 0.0674. The van der Waals surface area contributed by atoms with Crippen molar-refractivity contribution in [1.82, 2.24) is 19.9 Å². The van der Waals surface area contributed by atoms with E-state index in [-0.39, 0.29) is 17.0 Å². The molecule has 0 aliphatic carbocycles. The summed E-state index contributed by atoms with van der Waals surface area (Å²) in [5.74, 6) is 1.18. The molecule has 0 atom stereocenters. The highest BCUT2D eigenvalue weighted by atomic mass is 79.9. The Bertz CT molecular complexity index is 1150.